The fourth-order valence-corrected chi connectivity index (χ4v) is 1.78. The van der Waals surface area contributed by atoms with Crippen molar-refractivity contribution in [2.24, 2.45) is 0 Å². The highest BCUT2D eigenvalue weighted by Crippen LogP contribution is 2.34. The van der Waals surface area contributed by atoms with E-state index in [1.165, 1.54) is 0 Å². The summed E-state index contributed by atoms with van der Waals surface area (Å²) < 4.78 is 10.6. The molecule has 1 aromatic carbocycles. The Balaban J connectivity index is 2.49. The van der Waals surface area contributed by atoms with Crippen molar-refractivity contribution in [3.63, 3.8) is 0 Å². The summed E-state index contributed by atoms with van der Waals surface area (Å²) in [6.45, 7) is 1.89. The van der Waals surface area contributed by atoms with Gasteiger partial charge in [-0.2, -0.15) is 0 Å². The third kappa shape index (κ3) is 1.57. The van der Waals surface area contributed by atoms with Crippen molar-refractivity contribution in [2.75, 3.05) is 7.11 Å². The van der Waals surface area contributed by atoms with E-state index in [0.29, 0.717) is 17.7 Å². The van der Waals surface area contributed by atoms with Gasteiger partial charge in [0.25, 0.3) is 0 Å². The minimum absolute atomic E-state index is 0.301. The lowest BCUT2D eigenvalue weighted by Gasteiger charge is -2.08. The summed E-state index contributed by atoms with van der Waals surface area (Å²) in [5.74, 6) is -0.270. The average Bonchev–Trinajstić information content (AvgIpc) is 2.62. The van der Waals surface area contributed by atoms with Crippen molar-refractivity contribution in [3.05, 3.63) is 28.8 Å². The molecule has 1 aromatic rings. The summed E-state index contributed by atoms with van der Waals surface area (Å²) in [6, 6.07) is 3.36. The number of hydrogen-bond donors (Lipinski definition) is 1. The van der Waals surface area contributed by atoms with Crippen molar-refractivity contribution in [2.45, 2.75) is 19.6 Å². The topological polar surface area (TPSA) is 55.8 Å². The molecule has 1 heterocycles. The second kappa shape index (κ2) is 3.55. The van der Waals surface area contributed by atoms with E-state index in [1.54, 1.807) is 19.2 Å². The lowest BCUT2D eigenvalue weighted by atomic mass is 10.0. The summed E-state index contributed by atoms with van der Waals surface area (Å²) in [6.07, 6.45) is 0.133. The molecule has 0 aromatic heterocycles. The van der Waals surface area contributed by atoms with E-state index < -0.39 is 5.97 Å². The van der Waals surface area contributed by atoms with Crippen LogP contribution in [-0.4, -0.2) is 24.5 Å². The fourth-order valence-electron chi connectivity index (χ4n) is 1.78. The molecule has 0 bridgehead atoms. The van der Waals surface area contributed by atoms with Gasteiger partial charge < -0.3 is 14.6 Å². The molecule has 0 aliphatic carbocycles. The maximum Gasteiger partial charge on any atom is 0.336 e. The Bertz CT molecular complexity index is 411. The standard InChI is InChI=1S/C11H12O4/c1-6-3-4-7(11(12)13)8-5-9(14-2)15-10(6)8/h3-4,9H,5H2,1-2H3,(H,12,13). The third-order valence-corrected chi connectivity index (χ3v) is 2.57. The zero-order chi connectivity index (χ0) is 11.0. The lowest BCUT2D eigenvalue weighted by molar-refractivity contribution is -0.0370. The first-order valence-electron chi connectivity index (χ1n) is 4.68. The molecule has 1 aliphatic heterocycles. The third-order valence-electron chi connectivity index (χ3n) is 2.57. The van der Waals surface area contributed by atoms with E-state index in [-0.39, 0.29) is 6.29 Å². The van der Waals surface area contributed by atoms with Crippen LogP contribution in [0.15, 0.2) is 12.1 Å². The molecule has 0 saturated carbocycles. The number of hydrogen-bond acceptors (Lipinski definition) is 3. The average molecular weight is 208 g/mol. The largest absolute Gasteiger partial charge is 0.478 e. The molecule has 1 atom stereocenters. The molecule has 1 N–H and O–H groups in total. The number of benzene rings is 1. The van der Waals surface area contributed by atoms with E-state index in [1.807, 2.05) is 6.92 Å². The number of methoxy groups -OCH3 is 1. The number of carbonyl (C=O) groups is 1. The number of carboxylic acids is 1. The highest BCUT2D eigenvalue weighted by molar-refractivity contribution is 5.90. The van der Waals surface area contributed by atoms with Gasteiger partial charge in [0, 0.05) is 19.1 Å². The molecule has 1 unspecified atom stereocenters. The first-order chi connectivity index (χ1) is 7.13. The molecule has 4 nitrogen and oxygen atoms in total. The van der Waals surface area contributed by atoms with Crippen LogP contribution in [0.3, 0.4) is 0 Å². The van der Waals surface area contributed by atoms with Crippen molar-refractivity contribution < 1.29 is 19.4 Å². The Morgan fingerprint density at radius 3 is 2.93 bits per heavy atom. The molecule has 80 valence electrons. The highest BCUT2D eigenvalue weighted by atomic mass is 16.7. The molecule has 0 fully saturated rings. The Morgan fingerprint density at radius 2 is 2.33 bits per heavy atom. The van der Waals surface area contributed by atoms with Gasteiger partial charge in [-0.25, -0.2) is 4.79 Å². The first kappa shape index (κ1) is 9.98. The van der Waals surface area contributed by atoms with Gasteiger partial charge >= 0.3 is 5.97 Å². The minimum Gasteiger partial charge on any atom is -0.478 e. The van der Waals surface area contributed by atoms with Crippen molar-refractivity contribution in [3.8, 4) is 5.75 Å². The van der Waals surface area contributed by atoms with Gasteiger partial charge in [-0.1, -0.05) is 6.07 Å². The molecular formula is C11H12O4. The number of aryl methyl sites for hydroxylation is 1. The van der Waals surface area contributed by atoms with Crippen LogP contribution in [-0.2, 0) is 11.2 Å². The number of fused-ring (bicyclic) bond motifs is 1. The fraction of sp³-hybridized carbons (Fsp3) is 0.364. The van der Waals surface area contributed by atoms with Crippen LogP contribution in [0.5, 0.6) is 5.75 Å². The smallest absolute Gasteiger partial charge is 0.336 e. The normalized spacial score (nSPS) is 18.4. The second-order valence-corrected chi connectivity index (χ2v) is 3.53. The van der Waals surface area contributed by atoms with Crippen LogP contribution in [0.4, 0.5) is 0 Å². The minimum atomic E-state index is -0.924. The van der Waals surface area contributed by atoms with E-state index in [9.17, 15) is 4.79 Å². The van der Waals surface area contributed by atoms with Crippen LogP contribution < -0.4 is 4.74 Å². The Kier molecular flexibility index (Phi) is 2.36. The van der Waals surface area contributed by atoms with Crippen LogP contribution in [0, 0.1) is 6.92 Å². The van der Waals surface area contributed by atoms with Gasteiger partial charge in [-0.15, -0.1) is 0 Å². The molecule has 15 heavy (non-hydrogen) atoms. The van der Waals surface area contributed by atoms with E-state index >= 15 is 0 Å². The molecule has 2 rings (SSSR count). The zero-order valence-corrected chi connectivity index (χ0v) is 8.61. The maximum absolute atomic E-state index is 11.0. The van der Waals surface area contributed by atoms with Gasteiger partial charge in [0.1, 0.15) is 5.75 Å². The quantitative estimate of drug-likeness (QED) is 0.802. The molecule has 0 radical (unpaired) electrons. The molecule has 0 amide bonds. The van der Waals surface area contributed by atoms with E-state index in [0.717, 1.165) is 11.1 Å². The zero-order valence-electron chi connectivity index (χ0n) is 8.61. The molecule has 0 spiro atoms. The summed E-state index contributed by atoms with van der Waals surface area (Å²) in [4.78, 5) is 11.0. The van der Waals surface area contributed by atoms with Crippen LogP contribution in [0.25, 0.3) is 0 Å². The first-order valence-corrected chi connectivity index (χ1v) is 4.68. The summed E-state index contributed by atoms with van der Waals surface area (Å²) in [5.41, 5.74) is 1.97. The number of rotatable bonds is 2. The van der Waals surface area contributed by atoms with Crippen LogP contribution >= 0.6 is 0 Å². The van der Waals surface area contributed by atoms with Gasteiger partial charge in [-0.3, -0.25) is 0 Å². The predicted octanol–water partition coefficient (Wildman–Crippen LogP) is 1.60. The highest BCUT2D eigenvalue weighted by Gasteiger charge is 2.28. The monoisotopic (exact) mass is 208 g/mol. The number of aromatic carboxylic acids is 1. The Hall–Kier alpha value is -1.55. The van der Waals surface area contributed by atoms with E-state index in [4.69, 9.17) is 14.6 Å². The van der Waals surface area contributed by atoms with Crippen molar-refractivity contribution in [1.29, 1.82) is 0 Å². The van der Waals surface area contributed by atoms with E-state index in [2.05, 4.69) is 0 Å². The van der Waals surface area contributed by atoms with Crippen LogP contribution in [0.1, 0.15) is 21.5 Å². The summed E-state index contributed by atoms with van der Waals surface area (Å²) >= 11 is 0. The molecule has 0 saturated heterocycles. The Labute approximate surface area is 87.4 Å². The SMILES string of the molecule is COC1Cc2c(C(=O)O)ccc(C)c2O1. The van der Waals surface area contributed by atoms with Gasteiger partial charge in [-0.05, 0) is 18.6 Å². The number of ether oxygens (including phenoxy) is 2. The second-order valence-electron chi connectivity index (χ2n) is 3.53. The number of carboxylic acid groups (broad SMARTS) is 1. The predicted molar refractivity (Wildman–Crippen MR) is 53.3 cm³/mol. The Morgan fingerprint density at radius 1 is 1.60 bits per heavy atom. The molecular weight excluding hydrogens is 196 g/mol. The molecule has 4 heteroatoms. The van der Waals surface area contributed by atoms with Gasteiger partial charge in [0.05, 0.1) is 5.56 Å². The summed E-state index contributed by atoms with van der Waals surface area (Å²) in [5, 5.41) is 9.00. The van der Waals surface area contributed by atoms with Gasteiger partial charge in [0.15, 0.2) is 0 Å². The van der Waals surface area contributed by atoms with Gasteiger partial charge in [0.2, 0.25) is 6.29 Å². The maximum atomic E-state index is 11.0. The molecule has 1 aliphatic rings. The lowest BCUT2D eigenvalue weighted by Crippen LogP contribution is -2.15. The van der Waals surface area contributed by atoms with Crippen LogP contribution in [0.2, 0.25) is 0 Å². The van der Waals surface area contributed by atoms with Crippen molar-refractivity contribution in [1.82, 2.24) is 0 Å². The van der Waals surface area contributed by atoms with Crippen molar-refractivity contribution >= 4 is 5.97 Å². The summed E-state index contributed by atoms with van der Waals surface area (Å²) in [7, 11) is 1.55.